The molecule has 1 N–H and O–H groups in total. The zero-order valence-electron chi connectivity index (χ0n) is 15.6. The van der Waals surface area contributed by atoms with Crippen LogP contribution in [0.2, 0.25) is 0 Å². The van der Waals surface area contributed by atoms with E-state index in [1.807, 2.05) is 32.0 Å². The molecule has 0 aliphatic heterocycles. The topological polar surface area (TPSA) is 66.5 Å². The van der Waals surface area contributed by atoms with Crippen LogP contribution in [-0.2, 0) is 9.59 Å². The number of rotatable bonds is 6. The van der Waals surface area contributed by atoms with Gasteiger partial charge in [0.05, 0.1) is 0 Å². The molecule has 2 amide bonds. The highest BCUT2D eigenvalue weighted by Gasteiger charge is 2.15. The van der Waals surface area contributed by atoms with Gasteiger partial charge >= 0.3 is 0 Å². The van der Waals surface area contributed by atoms with Gasteiger partial charge in [-0.05, 0) is 56.7 Å². The minimum absolute atomic E-state index is 0.0200. The summed E-state index contributed by atoms with van der Waals surface area (Å²) in [6.07, 6.45) is 0.182. The zero-order chi connectivity index (χ0) is 19.3. The van der Waals surface area contributed by atoms with Crippen molar-refractivity contribution in [2.45, 2.75) is 34.1 Å². The van der Waals surface area contributed by atoms with Gasteiger partial charge in [0.15, 0.2) is 5.78 Å². The van der Waals surface area contributed by atoms with Crippen molar-refractivity contribution < 1.29 is 14.4 Å². The second-order valence-corrected chi connectivity index (χ2v) is 6.39. The predicted molar refractivity (Wildman–Crippen MR) is 104 cm³/mol. The number of nitrogens with one attached hydrogen (secondary N) is 1. The number of benzene rings is 2. The summed E-state index contributed by atoms with van der Waals surface area (Å²) in [5.41, 5.74) is 4.17. The van der Waals surface area contributed by atoms with Crippen molar-refractivity contribution in [2.24, 2.45) is 0 Å². The van der Waals surface area contributed by atoms with Crippen LogP contribution in [0.15, 0.2) is 42.5 Å². The lowest BCUT2D eigenvalue weighted by Crippen LogP contribution is -2.32. The van der Waals surface area contributed by atoms with E-state index in [0.29, 0.717) is 17.8 Å². The molecule has 0 atom stereocenters. The van der Waals surface area contributed by atoms with Crippen molar-refractivity contribution in [2.75, 3.05) is 16.8 Å². The van der Waals surface area contributed by atoms with E-state index < -0.39 is 0 Å². The van der Waals surface area contributed by atoms with Crippen LogP contribution in [0.3, 0.4) is 0 Å². The third-order valence-electron chi connectivity index (χ3n) is 4.16. The first-order chi connectivity index (χ1) is 12.3. The fraction of sp³-hybridized carbons (Fsp3) is 0.286. The minimum Gasteiger partial charge on any atom is -0.326 e. The summed E-state index contributed by atoms with van der Waals surface area (Å²) in [6.45, 7) is 7.25. The molecule has 0 saturated carbocycles. The van der Waals surface area contributed by atoms with Gasteiger partial charge in [-0.25, -0.2) is 0 Å². The molecule has 0 spiro atoms. The molecule has 26 heavy (non-hydrogen) atoms. The SMILES string of the molecule is CC(=O)c1ccc(NC(=O)CCN(C(C)=O)c2ccc(C)cc2C)cc1. The summed E-state index contributed by atoms with van der Waals surface area (Å²) >= 11 is 0. The lowest BCUT2D eigenvalue weighted by Gasteiger charge is -2.23. The van der Waals surface area contributed by atoms with Crippen LogP contribution in [-0.4, -0.2) is 24.1 Å². The van der Waals surface area contributed by atoms with E-state index in [4.69, 9.17) is 0 Å². The van der Waals surface area contributed by atoms with Crippen LogP contribution in [0.25, 0.3) is 0 Å². The molecule has 0 saturated heterocycles. The number of aryl methyl sites for hydroxylation is 2. The third kappa shape index (κ3) is 5.02. The van der Waals surface area contributed by atoms with Crippen molar-refractivity contribution in [3.8, 4) is 0 Å². The quantitative estimate of drug-likeness (QED) is 0.802. The molecule has 0 aliphatic carbocycles. The first-order valence-corrected chi connectivity index (χ1v) is 8.54. The molecule has 0 heterocycles. The third-order valence-corrected chi connectivity index (χ3v) is 4.16. The van der Waals surface area contributed by atoms with Crippen molar-refractivity contribution in [1.82, 2.24) is 0 Å². The largest absolute Gasteiger partial charge is 0.326 e. The molecule has 136 valence electrons. The molecule has 2 aromatic rings. The molecule has 5 nitrogen and oxygen atoms in total. The van der Waals surface area contributed by atoms with Crippen LogP contribution in [0, 0.1) is 13.8 Å². The molecule has 0 aromatic heterocycles. The highest BCUT2D eigenvalue weighted by Crippen LogP contribution is 2.22. The number of amides is 2. The van der Waals surface area contributed by atoms with E-state index in [9.17, 15) is 14.4 Å². The smallest absolute Gasteiger partial charge is 0.226 e. The summed E-state index contributed by atoms with van der Waals surface area (Å²) in [6, 6.07) is 12.6. The molecule has 0 aliphatic rings. The van der Waals surface area contributed by atoms with E-state index in [0.717, 1.165) is 16.8 Å². The first kappa shape index (κ1) is 19.4. The lowest BCUT2D eigenvalue weighted by atomic mass is 10.1. The highest BCUT2D eigenvalue weighted by atomic mass is 16.2. The molecule has 2 rings (SSSR count). The van der Waals surface area contributed by atoms with E-state index in [-0.39, 0.29) is 24.0 Å². The second-order valence-electron chi connectivity index (χ2n) is 6.39. The Bertz CT molecular complexity index is 826. The van der Waals surface area contributed by atoms with Crippen LogP contribution in [0.5, 0.6) is 0 Å². The molecule has 5 heteroatoms. The number of carbonyl (C=O) groups excluding carboxylic acids is 3. The van der Waals surface area contributed by atoms with E-state index in [1.165, 1.54) is 13.8 Å². The summed E-state index contributed by atoms with van der Waals surface area (Å²) in [5, 5.41) is 2.79. The van der Waals surface area contributed by atoms with Gasteiger partial charge in [0.25, 0.3) is 0 Å². The van der Waals surface area contributed by atoms with Gasteiger partial charge in [0.2, 0.25) is 11.8 Å². The summed E-state index contributed by atoms with van der Waals surface area (Å²) in [7, 11) is 0. The molecule has 0 radical (unpaired) electrons. The Morgan fingerprint density at radius 2 is 1.62 bits per heavy atom. The monoisotopic (exact) mass is 352 g/mol. The standard InChI is InChI=1S/C21H24N2O3/c1-14-5-10-20(15(2)13-14)23(17(4)25)12-11-21(26)22-19-8-6-18(7-9-19)16(3)24/h5-10,13H,11-12H2,1-4H3,(H,22,26). The number of hydrogen-bond acceptors (Lipinski definition) is 3. The number of anilines is 2. The Kier molecular flexibility index (Phi) is 6.28. The molecule has 2 aromatic carbocycles. The Morgan fingerprint density at radius 3 is 2.15 bits per heavy atom. The van der Waals surface area contributed by atoms with E-state index in [2.05, 4.69) is 5.32 Å². The van der Waals surface area contributed by atoms with Gasteiger partial charge in [-0.3, -0.25) is 14.4 Å². The van der Waals surface area contributed by atoms with Gasteiger partial charge in [0, 0.05) is 36.8 Å². The average molecular weight is 352 g/mol. The molecular weight excluding hydrogens is 328 g/mol. The Morgan fingerprint density at radius 1 is 0.962 bits per heavy atom. The van der Waals surface area contributed by atoms with E-state index in [1.54, 1.807) is 29.2 Å². The van der Waals surface area contributed by atoms with Gasteiger partial charge in [0.1, 0.15) is 0 Å². The first-order valence-electron chi connectivity index (χ1n) is 8.54. The number of Topliss-reactive ketones (excluding diaryl/α,β-unsaturated/α-hetero) is 1. The molecule has 0 fully saturated rings. The normalized spacial score (nSPS) is 10.3. The van der Waals surface area contributed by atoms with E-state index >= 15 is 0 Å². The Balaban J connectivity index is 2.01. The average Bonchev–Trinajstić information content (AvgIpc) is 2.57. The zero-order valence-corrected chi connectivity index (χ0v) is 15.6. The van der Waals surface area contributed by atoms with Gasteiger partial charge in [-0.15, -0.1) is 0 Å². The molecule has 0 unspecified atom stereocenters. The fourth-order valence-electron chi connectivity index (χ4n) is 2.78. The highest BCUT2D eigenvalue weighted by molar-refractivity contribution is 5.97. The Labute approximate surface area is 154 Å². The van der Waals surface area contributed by atoms with Crippen molar-refractivity contribution in [3.05, 3.63) is 59.2 Å². The van der Waals surface area contributed by atoms with Crippen LogP contribution in [0.1, 0.15) is 41.8 Å². The van der Waals surface area contributed by atoms with Crippen molar-refractivity contribution in [1.29, 1.82) is 0 Å². The van der Waals surface area contributed by atoms with Crippen molar-refractivity contribution in [3.63, 3.8) is 0 Å². The number of ketones is 1. The van der Waals surface area contributed by atoms with Crippen LogP contribution >= 0.6 is 0 Å². The number of carbonyl (C=O) groups is 3. The summed E-state index contributed by atoms with van der Waals surface area (Å²) in [5.74, 6) is -0.305. The van der Waals surface area contributed by atoms with Gasteiger partial charge in [-0.2, -0.15) is 0 Å². The van der Waals surface area contributed by atoms with Crippen molar-refractivity contribution >= 4 is 29.0 Å². The lowest BCUT2D eigenvalue weighted by molar-refractivity contribution is -0.117. The van der Waals surface area contributed by atoms with Gasteiger partial charge in [-0.1, -0.05) is 17.7 Å². The number of hydrogen-bond donors (Lipinski definition) is 1. The number of nitrogens with zero attached hydrogens (tertiary/aromatic N) is 1. The van der Waals surface area contributed by atoms with Crippen LogP contribution < -0.4 is 10.2 Å². The van der Waals surface area contributed by atoms with Crippen LogP contribution in [0.4, 0.5) is 11.4 Å². The molecule has 0 bridgehead atoms. The summed E-state index contributed by atoms with van der Waals surface area (Å²) < 4.78 is 0. The maximum absolute atomic E-state index is 12.2. The Hall–Kier alpha value is -2.95. The van der Waals surface area contributed by atoms with Gasteiger partial charge < -0.3 is 10.2 Å². The maximum Gasteiger partial charge on any atom is 0.226 e. The molecular formula is C21H24N2O3. The predicted octanol–water partition coefficient (Wildman–Crippen LogP) is 3.89. The maximum atomic E-state index is 12.2. The second kappa shape index (κ2) is 8.43. The summed E-state index contributed by atoms with van der Waals surface area (Å²) in [4.78, 5) is 37.1. The minimum atomic E-state index is -0.184. The fourth-order valence-corrected chi connectivity index (χ4v) is 2.78.